The number of fused-ring (bicyclic) bond motifs is 1. The predicted octanol–water partition coefficient (Wildman–Crippen LogP) is 2.36. The van der Waals surface area contributed by atoms with E-state index in [1.165, 1.54) is 19.4 Å². The van der Waals surface area contributed by atoms with Gasteiger partial charge in [0, 0.05) is 30.7 Å². The smallest absolute Gasteiger partial charge is 0.257 e. The Morgan fingerprint density at radius 1 is 1.31 bits per heavy atom. The maximum absolute atomic E-state index is 13.2. The predicted molar refractivity (Wildman–Crippen MR) is 107 cm³/mol. The van der Waals surface area contributed by atoms with Crippen LogP contribution >= 0.6 is 23.1 Å². The zero-order valence-electron chi connectivity index (χ0n) is 14.9. The number of anilines is 1. The monoisotopic (exact) mass is 389 g/mol. The lowest BCUT2D eigenvalue weighted by Crippen LogP contribution is -3.10. The van der Waals surface area contributed by atoms with Gasteiger partial charge in [0.05, 0.1) is 30.6 Å². The number of likely N-dealkylation sites (tertiary alicyclic amines) is 1. The van der Waals surface area contributed by atoms with E-state index in [9.17, 15) is 9.90 Å². The SMILES string of the molecule is C[NH+]1CCCC1CCN1C(=O)[C@H](O)[C@H](c2ccsc2)Sc2ccccc21. The summed E-state index contributed by atoms with van der Waals surface area (Å²) in [5.74, 6) is -0.172. The molecule has 3 heterocycles. The van der Waals surface area contributed by atoms with Crippen LogP contribution in [0.25, 0.3) is 0 Å². The molecule has 2 aliphatic heterocycles. The van der Waals surface area contributed by atoms with Gasteiger partial charge in [0.1, 0.15) is 6.10 Å². The van der Waals surface area contributed by atoms with E-state index in [1.807, 2.05) is 39.9 Å². The number of rotatable bonds is 4. The average molecular weight is 390 g/mol. The highest BCUT2D eigenvalue weighted by molar-refractivity contribution is 7.99. The second-order valence-electron chi connectivity index (χ2n) is 7.22. The molecule has 2 unspecified atom stereocenters. The number of para-hydroxylation sites is 1. The van der Waals surface area contributed by atoms with E-state index in [4.69, 9.17) is 0 Å². The molecule has 4 atom stereocenters. The molecule has 4 nitrogen and oxygen atoms in total. The quantitative estimate of drug-likeness (QED) is 0.844. The van der Waals surface area contributed by atoms with Crippen LogP contribution < -0.4 is 9.80 Å². The van der Waals surface area contributed by atoms with Crippen LogP contribution in [0.1, 0.15) is 30.1 Å². The summed E-state index contributed by atoms with van der Waals surface area (Å²) in [5.41, 5.74) is 1.97. The van der Waals surface area contributed by atoms with Crippen molar-refractivity contribution in [3.8, 4) is 0 Å². The zero-order valence-corrected chi connectivity index (χ0v) is 16.6. The van der Waals surface area contributed by atoms with Gasteiger partial charge in [-0.25, -0.2) is 0 Å². The van der Waals surface area contributed by atoms with Crippen LogP contribution in [-0.4, -0.2) is 43.3 Å². The number of hydrogen-bond acceptors (Lipinski definition) is 4. The molecule has 0 aliphatic carbocycles. The highest BCUT2D eigenvalue weighted by Crippen LogP contribution is 2.46. The minimum Gasteiger partial charge on any atom is -0.382 e. The maximum atomic E-state index is 13.2. The number of thiophene rings is 1. The summed E-state index contributed by atoms with van der Waals surface area (Å²) in [6.07, 6.45) is 2.45. The number of nitrogens with one attached hydrogen (secondary N) is 1. The lowest BCUT2D eigenvalue weighted by Gasteiger charge is -2.26. The van der Waals surface area contributed by atoms with Crippen molar-refractivity contribution in [2.75, 3.05) is 25.0 Å². The molecule has 2 aliphatic rings. The van der Waals surface area contributed by atoms with Crippen LogP contribution in [0.5, 0.6) is 0 Å². The van der Waals surface area contributed by atoms with Crippen molar-refractivity contribution in [3.05, 3.63) is 46.7 Å². The standard InChI is InChI=1S/C20H24N2O2S2/c1-21-10-4-5-15(21)8-11-22-16-6-2-3-7-17(16)26-19(18(23)20(22)24)14-9-12-25-13-14/h2-3,6-7,9,12-13,15,18-19,23H,4-5,8,10-11H2,1H3/p+1/t15?,18-,19+/m1/s1. The van der Waals surface area contributed by atoms with Gasteiger partial charge in [-0.1, -0.05) is 12.1 Å². The Balaban J connectivity index is 1.62. The van der Waals surface area contributed by atoms with Crippen molar-refractivity contribution in [1.29, 1.82) is 0 Å². The first-order valence-electron chi connectivity index (χ1n) is 9.24. The summed E-state index contributed by atoms with van der Waals surface area (Å²) >= 11 is 3.20. The average Bonchev–Trinajstić information content (AvgIpc) is 3.30. The third-order valence-corrected chi connectivity index (χ3v) is 7.69. The fourth-order valence-corrected chi connectivity index (χ4v) is 6.10. The molecule has 0 bridgehead atoms. The van der Waals surface area contributed by atoms with Gasteiger partial charge >= 0.3 is 0 Å². The normalized spacial score (nSPS) is 28.8. The van der Waals surface area contributed by atoms with Crippen LogP contribution in [0.4, 0.5) is 5.69 Å². The molecule has 2 aromatic rings. The first kappa shape index (κ1) is 18.0. The molecule has 1 fully saturated rings. The lowest BCUT2D eigenvalue weighted by atomic mass is 10.1. The number of thioether (sulfide) groups is 1. The molecule has 0 radical (unpaired) electrons. The minimum absolute atomic E-state index is 0.172. The highest BCUT2D eigenvalue weighted by atomic mass is 32.2. The van der Waals surface area contributed by atoms with Crippen LogP contribution in [0, 0.1) is 0 Å². The van der Waals surface area contributed by atoms with Crippen LogP contribution in [0.15, 0.2) is 46.0 Å². The molecule has 1 aromatic heterocycles. The van der Waals surface area contributed by atoms with Crippen molar-refractivity contribution < 1.29 is 14.8 Å². The summed E-state index contributed by atoms with van der Waals surface area (Å²) in [4.78, 5) is 17.6. The molecule has 138 valence electrons. The molecule has 1 amide bonds. The van der Waals surface area contributed by atoms with E-state index in [1.54, 1.807) is 28.0 Å². The molecule has 0 saturated carbocycles. The number of hydrogen-bond donors (Lipinski definition) is 2. The molecule has 0 spiro atoms. The van der Waals surface area contributed by atoms with E-state index in [2.05, 4.69) is 13.1 Å². The van der Waals surface area contributed by atoms with Gasteiger partial charge in [-0.05, 0) is 34.5 Å². The molecule has 4 rings (SSSR count). The largest absolute Gasteiger partial charge is 0.382 e. The Bertz CT molecular complexity index is 765. The van der Waals surface area contributed by atoms with E-state index < -0.39 is 6.10 Å². The van der Waals surface area contributed by atoms with E-state index >= 15 is 0 Å². The Morgan fingerprint density at radius 2 is 2.15 bits per heavy atom. The molecular formula is C20H25N2O2S2+. The Morgan fingerprint density at radius 3 is 2.88 bits per heavy atom. The fraction of sp³-hybridized carbons (Fsp3) is 0.450. The second-order valence-corrected chi connectivity index (χ2v) is 9.19. The van der Waals surface area contributed by atoms with Gasteiger partial charge in [0.2, 0.25) is 0 Å². The summed E-state index contributed by atoms with van der Waals surface area (Å²) in [5, 5.41) is 14.6. The number of quaternary nitrogens is 1. The Hall–Kier alpha value is -1.34. The number of benzene rings is 1. The van der Waals surface area contributed by atoms with Gasteiger partial charge in [0.15, 0.2) is 0 Å². The van der Waals surface area contributed by atoms with Crippen LogP contribution in [0.3, 0.4) is 0 Å². The van der Waals surface area contributed by atoms with Gasteiger partial charge < -0.3 is 14.9 Å². The summed E-state index contributed by atoms with van der Waals surface area (Å²) in [6, 6.07) is 10.7. The molecule has 2 N–H and O–H groups in total. The fourth-order valence-electron chi connectivity index (χ4n) is 4.06. The second kappa shape index (κ2) is 7.72. The van der Waals surface area contributed by atoms with Crippen molar-refractivity contribution in [2.24, 2.45) is 0 Å². The first-order valence-corrected chi connectivity index (χ1v) is 11.1. The van der Waals surface area contributed by atoms with Gasteiger partial charge in [0.25, 0.3) is 5.91 Å². The molecule has 6 heteroatoms. The third kappa shape index (κ3) is 3.43. The number of nitrogens with zero attached hydrogens (tertiary/aromatic N) is 1. The van der Waals surface area contributed by atoms with E-state index in [0.29, 0.717) is 12.6 Å². The topological polar surface area (TPSA) is 45.0 Å². The number of carbonyl (C=O) groups is 1. The van der Waals surface area contributed by atoms with Crippen molar-refractivity contribution in [2.45, 2.75) is 41.6 Å². The number of carbonyl (C=O) groups excluding carboxylic acids is 1. The molecule has 26 heavy (non-hydrogen) atoms. The van der Waals surface area contributed by atoms with Crippen molar-refractivity contribution in [3.63, 3.8) is 0 Å². The molecular weight excluding hydrogens is 364 g/mol. The van der Waals surface area contributed by atoms with Gasteiger partial charge in [-0.2, -0.15) is 11.3 Å². The number of amides is 1. The summed E-state index contributed by atoms with van der Waals surface area (Å²) < 4.78 is 0. The van der Waals surface area contributed by atoms with E-state index in [0.717, 1.165) is 22.6 Å². The highest BCUT2D eigenvalue weighted by Gasteiger charge is 2.38. The zero-order chi connectivity index (χ0) is 18.1. The minimum atomic E-state index is -1.02. The lowest BCUT2D eigenvalue weighted by molar-refractivity contribution is -0.892. The molecule has 1 saturated heterocycles. The van der Waals surface area contributed by atoms with Gasteiger partial charge in [-0.15, -0.1) is 11.8 Å². The summed E-state index contributed by atoms with van der Waals surface area (Å²) in [6.45, 7) is 1.89. The van der Waals surface area contributed by atoms with Crippen LogP contribution in [-0.2, 0) is 4.79 Å². The third-order valence-electron chi connectivity index (χ3n) is 5.61. The van der Waals surface area contributed by atoms with E-state index in [-0.39, 0.29) is 11.2 Å². The summed E-state index contributed by atoms with van der Waals surface area (Å²) in [7, 11) is 2.24. The number of aliphatic hydroxyl groups excluding tert-OH is 1. The molecule has 1 aromatic carbocycles. The van der Waals surface area contributed by atoms with Crippen molar-refractivity contribution >= 4 is 34.7 Å². The number of aliphatic hydroxyl groups is 1. The Kier molecular flexibility index (Phi) is 5.36. The Labute approximate surface area is 162 Å². The maximum Gasteiger partial charge on any atom is 0.257 e. The van der Waals surface area contributed by atoms with Crippen LogP contribution in [0.2, 0.25) is 0 Å². The van der Waals surface area contributed by atoms with Gasteiger partial charge in [-0.3, -0.25) is 4.79 Å². The first-order chi connectivity index (χ1) is 12.6. The van der Waals surface area contributed by atoms with Crippen molar-refractivity contribution in [1.82, 2.24) is 0 Å².